The monoisotopic (exact) mass is 357 g/mol. The minimum Gasteiger partial charge on any atom is -0.457 e. The zero-order valence-corrected chi connectivity index (χ0v) is 12.6. The Morgan fingerprint density at radius 1 is 1.35 bits per heavy atom. The molecule has 1 amide bonds. The molecule has 0 spiro atoms. The van der Waals surface area contributed by atoms with Crippen molar-refractivity contribution in [1.82, 2.24) is 0 Å². The number of amides is 1. The predicted octanol–water partition coefficient (Wildman–Crippen LogP) is 4.39. The van der Waals surface area contributed by atoms with Gasteiger partial charge in [-0.05, 0) is 46.1 Å². The number of anilines is 1. The van der Waals surface area contributed by atoms with E-state index >= 15 is 0 Å². The highest BCUT2D eigenvalue weighted by atomic mass is 79.9. The van der Waals surface area contributed by atoms with Crippen molar-refractivity contribution in [3.8, 4) is 0 Å². The Kier molecular flexibility index (Phi) is 3.56. The number of rotatable bonds is 2. The van der Waals surface area contributed by atoms with Crippen LogP contribution in [-0.4, -0.2) is 5.91 Å². The van der Waals surface area contributed by atoms with Crippen LogP contribution >= 0.6 is 27.5 Å². The minimum absolute atomic E-state index is 0.0929. The third kappa shape index (κ3) is 2.36. The highest BCUT2D eigenvalue weighted by Crippen LogP contribution is 2.38. The molecule has 1 aromatic carbocycles. The van der Waals surface area contributed by atoms with Crippen molar-refractivity contribution in [2.45, 2.75) is 18.2 Å². The van der Waals surface area contributed by atoms with Gasteiger partial charge < -0.3 is 9.73 Å². The zero-order valence-electron chi connectivity index (χ0n) is 10.3. The van der Waals surface area contributed by atoms with Gasteiger partial charge in [0.05, 0.1) is 11.6 Å². The maximum atomic E-state index is 14.2. The van der Waals surface area contributed by atoms with Crippen molar-refractivity contribution in [3.63, 3.8) is 0 Å². The molecule has 1 N–H and O–H groups in total. The molecule has 1 atom stereocenters. The lowest BCUT2D eigenvalue weighted by molar-refractivity contribution is -0.116. The van der Waals surface area contributed by atoms with Gasteiger partial charge in [-0.15, -0.1) is 11.6 Å². The maximum Gasteiger partial charge on any atom is 0.224 e. The molecule has 0 bridgehead atoms. The first-order chi connectivity index (χ1) is 9.56. The third-order valence-electron chi connectivity index (χ3n) is 3.31. The van der Waals surface area contributed by atoms with Crippen LogP contribution in [0.1, 0.15) is 28.5 Å². The Balaban J connectivity index is 2.02. The fourth-order valence-electron chi connectivity index (χ4n) is 2.27. The molecule has 1 unspecified atom stereocenters. The Morgan fingerprint density at radius 2 is 2.15 bits per heavy atom. The molecule has 0 fully saturated rings. The van der Waals surface area contributed by atoms with Crippen molar-refractivity contribution in [2.75, 3.05) is 5.32 Å². The third-order valence-corrected chi connectivity index (χ3v) is 4.43. The number of nitrogens with one attached hydrogen (secondary N) is 1. The molecule has 0 radical (unpaired) electrons. The Labute approximate surface area is 128 Å². The molecule has 1 aromatic heterocycles. The molecule has 3 rings (SSSR count). The van der Waals surface area contributed by atoms with Gasteiger partial charge in [0.1, 0.15) is 5.82 Å². The number of hydrogen-bond acceptors (Lipinski definition) is 2. The number of carbonyl (C=O) groups excluding carboxylic acids is 1. The number of furan rings is 1. The summed E-state index contributed by atoms with van der Waals surface area (Å²) in [5, 5.41) is 2.02. The van der Waals surface area contributed by atoms with Crippen LogP contribution in [0, 0.1) is 5.82 Å². The molecule has 1 aliphatic rings. The number of benzene rings is 1. The second-order valence-electron chi connectivity index (χ2n) is 4.59. The zero-order chi connectivity index (χ0) is 14.3. The number of halogens is 3. The van der Waals surface area contributed by atoms with E-state index in [1.54, 1.807) is 12.1 Å². The molecule has 104 valence electrons. The molecule has 6 heteroatoms. The van der Waals surface area contributed by atoms with Gasteiger partial charge in [-0.1, -0.05) is 0 Å². The normalized spacial score (nSPS) is 15.7. The van der Waals surface area contributed by atoms with Gasteiger partial charge in [0.15, 0.2) is 4.67 Å². The molecule has 0 aliphatic carbocycles. The summed E-state index contributed by atoms with van der Waals surface area (Å²) in [4.78, 5) is 11.3. The van der Waals surface area contributed by atoms with Crippen LogP contribution in [0.25, 0.3) is 0 Å². The predicted molar refractivity (Wildman–Crippen MR) is 77.5 cm³/mol. The first-order valence-electron chi connectivity index (χ1n) is 6.05. The summed E-state index contributed by atoms with van der Waals surface area (Å²) in [7, 11) is 0. The summed E-state index contributed by atoms with van der Waals surface area (Å²) in [5.41, 5.74) is 2.47. The van der Waals surface area contributed by atoms with Crippen LogP contribution in [-0.2, 0) is 11.2 Å². The number of carbonyl (C=O) groups is 1. The van der Waals surface area contributed by atoms with Gasteiger partial charge in [0.2, 0.25) is 5.91 Å². The van der Waals surface area contributed by atoms with Crippen LogP contribution < -0.4 is 5.32 Å². The van der Waals surface area contributed by atoms with E-state index in [1.807, 2.05) is 0 Å². The van der Waals surface area contributed by atoms with Crippen LogP contribution in [0.3, 0.4) is 0 Å². The highest BCUT2D eigenvalue weighted by Gasteiger charge is 2.23. The summed E-state index contributed by atoms with van der Waals surface area (Å²) < 4.78 is 19.8. The fourth-order valence-corrected chi connectivity index (χ4v) is 3.21. The molecule has 2 heterocycles. The second-order valence-corrected chi connectivity index (χ2v) is 5.75. The largest absolute Gasteiger partial charge is 0.457 e. The topological polar surface area (TPSA) is 42.2 Å². The SMILES string of the molecule is O=C1CCc2cc(C(Cl)c3ccoc3Br)c(F)cc2N1. The second kappa shape index (κ2) is 5.22. The van der Waals surface area contributed by atoms with Gasteiger partial charge in [-0.25, -0.2) is 4.39 Å². The van der Waals surface area contributed by atoms with E-state index in [2.05, 4.69) is 21.2 Å². The molecule has 1 aliphatic heterocycles. The van der Waals surface area contributed by atoms with Gasteiger partial charge in [-0.3, -0.25) is 4.79 Å². The standard InChI is InChI=1S/C14H10BrClFNO2/c15-14-8(3-4-20-14)13(16)9-5-7-1-2-12(19)18-11(7)6-10(9)17/h3-6,13H,1-2H2,(H,18,19). The molecule has 0 saturated heterocycles. The van der Waals surface area contributed by atoms with Gasteiger partial charge in [0, 0.05) is 23.2 Å². The average molecular weight is 359 g/mol. The van der Waals surface area contributed by atoms with E-state index in [0.717, 1.165) is 5.56 Å². The fraction of sp³-hybridized carbons (Fsp3) is 0.214. The molecular weight excluding hydrogens is 349 g/mol. The van der Waals surface area contributed by atoms with Gasteiger partial charge in [-0.2, -0.15) is 0 Å². The van der Waals surface area contributed by atoms with Crippen LogP contribution in [0.5, 0.6) is 0 Å². The molecule has 0 saturated carbocycles. The molecule has 20 heavy (non-hydrogen) atoms. The van der Waals surface area contributed by atoms with Gasteiger partial charge in [0.25, 0.3) is 0 Å². The number of aryl methyl sites for hydroxylation is 1. The van der Waals surface area contributed by atoms with E-state index in [-0.39, 0.29) is 5.91 Å². The van der Waals surface area contributed by atoms with Crippen LogP contribution in [0.2, 0.25) is 0 Å². The van der Waals surface area contributed by atoms with E-state index in [1.165, 1.54) is 12.3 Å². The molecule has 2 aromatic rings. The Bertz CT molecular complexity index is 686. The van der Waals surface area contributed by atoms with Crippen molar-refractivity contribution in [3.05, 3.63) is 51.6 Å². The van der Waals surface area contributed by atoms with Crippen molar-refractivity contribution in [2.24, 2.45) is 0 Å². The first kappa shape index (κ1) is 13.6. The minimum atomic E-state index is -0.647. The van der Waals surface area contributed by atoms with E-state index in [0.29, 0.717) is 34.3 Å². The lowest BCUT2D eigenvalue weighted by atomic mass is 9.97. The molecule has 3 nitrogen and oxygen atoms in total. The maximum absolute atomic E-state index is 14.2. The number of alkyl halides is 1. The quantitative estimate of drug-likeness (QED) is 0.809. The Morgan fingerprint density at radius 3 is 2.85 bits per heavy atom. The van der Waals surface area contributed by atoms with E-state index in [9.17, 15) is 9.18 Å². The summed E-state index contributed by atoms with van der Waals surface area (Å²) in [6, 6.07) is 4.73. The van der Waals surface area contributed by atoms with Crippen LogP contribution in [0.4, 0.5) is 10.1 Å². The highest BCUT2D eigenvalue weighted by molar-refractivity contribution is 9.10. The van der Waals surface area contributed by atoms with E-state index < -0.39 is 11.2 Å². The summed E-state index contributed by atoms with van der Waals surface area (Å²) in [6.07, 6.45) is 2.48. The lowest BCUT2D eigenvalue weighted by Crippen LogP contribution is -2.19. The van der Waals surface area contributed by atoms with Gasteiger partial charge >= 0.3 is 0 Å². The first-order valence-corrected chi connectivity index (χ1v) is 7.28. The molecular formula is C14H10BrClFNO2. The average Bonchev–Trinajstić information content (AvgIpc) is 2.83. The Hall–Kier alpha value is -1.33. The van der Waals surface area contributed by atoms with E-state index in [4.69, 9.17) is 16.0 Å². The number of hydrogen-bond donors (Lipinski definition) is 1. The smallest absolute Gasteiger partial charge is 0.224 e. The number of fused-ring (bicyclic) bond motifs is 1. The van der Waals surface area contributed by atoms with Crippen LogP contribution in [0.15, 0.2) is 33.5 Å². The van der Waals surface area contributed by atoms with Crippen molar-refractivity contribution >= 4 is 39.1 Å². The summed E-state index contributed by atoms with van der Waals surface area (Å²) in [6.45, 7) is 0. The van der Waals surface area contributed by atoms with Crippen molar-refractivity contribution in [1.29, 1.82) is 0 Å². The van der Waals surface area contributed by atoms with Crippen molar-refractivity contribution < 1.29 is 13.6 Å². The lowest BCUT2D eigenvalue weighted by Gasteiger charge is -2.19. The summed E-state index contributed by atoms with van der Waals surface area (Å²) in [5.74, 6) is -0.538. The summed E-state index contributed by atoms with van der Waals surface area (Å²) >= 11 is 9.58.